The minimum Gasteiger partial charge on any atom is -0.465 e. The molecule has 1 unspecified atom stereocenters. The third kappa shape index (κ3) is 9.69. The molecule has 0 rings (SSSR count). The number of hydrogen-bond acceptors (Lipinski definition) is 4. The Kier molecular flexibility index (Phi) is 9.52. The van der Waals surface area contributed by atoms with Crippen LogP contribution >= 0.6 is 0 Å². The smallest absolute Gasteiger partial charge is 0.319 e. The van der Waals surface area contributed by atoms with E-state index in [0.29, 0.717) is 13.2 Å². The van der Waals surface area contributed by atoms with E-state index in [1.165, 1.54) is 0 Å². The molecule has 0 aliphatic rings. The number of ether oxygens (including phenoxy) is 2. The van der Waals surface area contributed by atoms with Gasteiger partial charge < -0.3 is 14.8 Å². The third-order valence-electron chi connectivity index (χ3n) is 2.11. The van der Waals surface area contributed by atoms with Gasteiger partial charge >= 0.3 is 5.97 Å². The molecule has 90 valence electrons. The van der Waals surface area contributed by atoms with Gasteiger partial charge in [0, 0.05) is 19.8 Å². The number of carbonyl (C=O) groups excluding carboxylic acids is 1. The quantitative estimate of drug-likeness (QED) is 0.468. The largest absolute Gasteiger partial charge is 0.465 e. The third-order valence-corrected chi connectivity index (χ3v) is 2.11. The fourth-order valence-corrected chi connectivity index (χ4v) is 1.04. The molecule has 0 bridgehead atoms. The van der Waals surface area contributed by atoms with Crippen LogP contribution < -0.4 is 5.32 Å². The second-order valence-corrected chi connectivity index (χ2v) is 3.64. The van der Waals surface area contributed by atoms with Gasteiger partial charge in [0.05, 0.1) is 13.2 Å². The maximum Gasteiger partial charge on any atom is 0.319 e. The molecule has 0 aromatic heterocycles. The normalized spacial score (nSPS) is 12.5. The summed E-state index contributed by atoms with van der Waals surface area (Å²) in [5, 5.41) is 3.09. The molecule has 0 radical (unpaired) electrons. The van der Waals surface area contributed by atoms with Crippen LogP contribution in [0.3, 0.4) is 0 Å². The summed E-state index contributed by atoms with van der Waals surface area (Å²) in [4.78, 5) is 11.2. The monoisotopic (exact) mass is 217 g/mol. The predicted octanol–water partition coefficient (Wildman–Crippen LogP) is 1.34. The highest BCUT2D eigenvalue weighted by atomic mass is 16.5. The van der Waals surface area contributed by atoms with Gasteiger partial charge in [-0.3, -0.25) is 4.79 Å². The lowest BCUT2D eigenvalue weighted by molar-refractivity contribution is -0.142. The Labute approximate surface area is 92.3 Å². The van der Waals surface area contributed by atoms with E-state index in [-0.39, 0.29) is 18.6 Å². The predicted molar refractivity (Wildman–Crippen MR) is 59.8 cm³/mol. The van der Waals surface area contributed by atoms with Crippen molar-refractivity contribution in [2.75, 3.05) is 26.9 Å². The van der Waals surface area contributed by atoms with E-state index in [1.807, 2.05) is 6.92 Å². The molecular formula is C11H23NO3. The van der Waals surface area contributed by atoms with Crippen LogP contribution in [0.4, 0.5) is 0 Å². The number of methoxy groups -OCH3 is 1. The second kappa shape index (κ2) is 9.93. The molecule has 0 heterocycles. The zero-order chi connectivity index (χ0) is 11.5. The molecule has 0 aliphatic carbocycles. The van der Waals surface area contributed by atoms with Crippen molar-refractivity contribution < 1.29 is 14.3 Å². The molecule has 0 saturated carbocycles. The molecule has 1 N–H and O–H groups in total. The summed E-state index contributed by atoms with van der Waals surface area (Å²) >= 11 is 0. The molecule has 0 aliphatic heterocycles. The maximum atomic E-state index is 11.2. The molecule has 0 amide bonds. The highest BCUT2D eigenvalue weighted by Crippen LogP contribution is 1.92. The lowest BCUT2D eigenvalue weighted by Gasteiger charge is -2.12. The topological polar surface area (TPSA) is 47.6 Å². The summed E-state index contributed by atoms with van der Waals surface area (Å²) in [5.41, 5.74) is 0. The van der Waals surface area contributed by atoms with Gasteiger partial charge in [0.25, 0.3) is 0 Å². The average Bonchev–Trinajstić information content (AvgIpc) is 2.24. The molecule has 1 atom stereocenters. The lowest BCUT2D eigenvalue weighted by atomic mass is 10.2. The van der Waals surface area contributed by atoms with Crippen LogP contribution in [-0.4, -0.2) is 38.9 Å². The van der Waals surface area contributed by atoms with Crippen LogP contribution in [0.15, 0.2) is 0 Å². The number of carbonyl (C=O) groups is 1. The Morgan fingerprint density at radius 1 is 1.40 bits per heavy atom. The Balaban J connectivity index is 3.36. The van der Waals surface area contributed by atoms with Crippen molar-refractivity contribution in [1.82, 2.24) is 5.32 Å². The van der Waals surface area contributed by atoms with E-state index in [2.05, 4.69) is 12.2 Å². The van der Waals surface area contributed by atoms with Crippen molar-refractivity contribution in [3.8, 4) is 0 Å². The summed E-state index contributed by atoms with van der Waals surface area (Å²) in [5.74, 6) is -0.173. The first-order valence-electron chi connectivity index (χ1n) is 5.58. The second-order valence-electron chi connectivity index (χ2n) is 3.64. The number of unbranched alkanes of at least 4 members (excludes halogenated alkanes) is 1. The van der Waals surface area contributed by atoms with E-state index < -0.39 is 0 Å². The highest BCUT2D eigenvalue weighted by Gasteiger charge is 2.05. The maximum absolute atomic E-state index is 11.2. The average molecular weight is 217 g/mol. The number of rotatable bonds is 9. The first-order chi connectivity index (χ1) is 7.20. The molecular weight excluding hydrogens is 194 g/mol. The van der Waals surface area contributed by atoms with Crippen molar-refractivity contribution in [2.45, 2.75) is 39.2 Å². The van der Waals surface area contributed by atoms with Crippen LogP contribution in [-0.2, 0) is 14.3 Å². The van der Waals surface area contributed by atoms with Gasteiger partial charge in [0.2, 0.25) is 0 Å². The van der Waals surface area contributed by atoms with Crippen LogP contribution in [0.2, 0.25) is 0 Å². The van der Waals surface area contributed by atoms with E-state index in [1.54, 1.807) is 7.11 Å². The van der Waals surface area contributed by atoms with Gasteiger partial charge in [-0.25, -0.2) is 0 Å². The van der Waals surface area contributed by atoms with E-state index in [0.717, 1.165) is 19.3 Å². The molecule has 0 aromatic carbocycles. The molecule has 0 aromatic rings. The van der Waals surface area contributed by atoms with Crippen LogP contribution in [0, 0.1) is 0 Å². The van der Waals surface area contributed by atoms with Gasteiger partial charge in [0.1, 0.15) is 0 Å². The first-order valence-corrected chi connectivity index (χ1v) is 5.58. The van der Waals surface area contributed by atoms with Crippen molar-refractivity contribution in [2.24, 2.45) is 0 Å². The first kappa shape index (κ1) is 14.4. The van der Waals surface area contributed by atoms with Crippen molar-refractivity contribution in [3.63, 3.8) is 0 Å². The van der Waals surface area contributed by atoms with Gasteiger partial charge in [-0.1, -0.05) is 13.3 Å². The summed E-state index contributed by atoms with van der Waals surface area (Å²) in [6, 6.07) is 0.281. The Hall–Kier alpha value is -0.610. The number of hydrogen-bond donors (Lipinski definition) is 1. The molecule has 15 heavy (non-hydrogen) atoms. The van der Waals surface area contributed by atoms with Gasteiger partial charge in [-0.15, -0.1) is 0 Å². The van der Waals surface area contributed by atoms with Crippen molar-refractivity contribution in [3.05, 3.63) is 0 Å². The standard InChI is InChI=1S/C11H23NO3/c1-4-5-7-15-11(13)9-12-10(2)6-8-14-3/h10,12H,4-9H2,1-3H3. The van der Waals surface area contributed by atoms with E-state index >= 15 is 0 Å². The fraction of sp³-hybridized carbons (Fsp3) is 0.909. The lowest BCUT2D eigenvalue weighted by Crippen LogP contribution is -2.33. The molecule has 0 spiro atoms. The van der Waals surface area contributed by atoms with E-state index in [9.17, 15) is 4.79 Å². The van der Waals surface area contributed by atoms with Gasteiger partial charge in [-0.05, 0) is 19.8 Å². The number of nitrogens with one attached hydrogen (secondary N) is 1. The Bertz CT molecular complexity index is 162. The Morgan fingerprint density at radius 2 is 2.13 bits per heavy atom. The summed E-state index contributed by atoms with van der Waals surface area (Å²) in [6.45, 7) is 5.62. The van der Waals surface area contributed by atoms with Crippen LogP contribution in [0.25, 0.3) is 0 Å². The van der Waals surface area contributed by atoms with Crippen molar-refractivity contribution >= 4 is 5.97 Å². The summed E-state index contributed by atoms with van der Waals surface area (Å²) in [7, 11) is 1.67. The summed E-state index contributed by atoms with van der Waals surface area (Å²) in [6.07, 6.45) is 2.88. The Morgan fingerprint density at radius 3 is 2.73 bits per heavy atom. The van der Waals surface area contributed by atoms with Crippen LogP contribution in [0.5, 0.6) is 0 Å². The molecule has 4 nitrogen and oxygen atoms in total. The zero-order valence-corrected chi connectivity index (χ0v) is 10.0. The van der Waals surface area contributed by atoms with E-state index in [4.69, 9.17) is 9.47 Å². The van der Waals surface area contributed by atoms with Crippen molar-refractivity contribution in [1.29, 1.82) is 0 Å². The minimum absolute atomic E-state index is 0.173. The van der Waals surface area contributed by atoms with Gasteiger partial charge in [0.15, 0.2) is 0 Å². The molecule has 0 saturated heterocycles. The zero-order valence-electron chi connectivity index (χ0n) is 10.0. The highest BCUT2D eigenvalue weighted by molar-refractivity contribution is 5.71. The summed E-state index contributed by atoms with van der Waals surface area (Å²) < 4.78 is 9.95. The van der Waals surface area contributed by atoms with Crippen LogP contribution in [0.1, 0.15) is 33.1 Å². The minimum atomic E-state index is -0.173. The molecule has 4 heteroatoms. The fourth-order valence-electron chi connectivity index (χ4n) is 1.04. The molecule has 0 fully saturated rings. The number of esters is 1. The SMILES string of the molecule is CCCCOC(=O)CNC(C)CCOC. The van der Waals surface area contributed by atoms with Gasteiger partial charge in [-0.2, -0.15) is 0 Å².